The molecule has 0 saturated heterocycles. The number of aromatic nitrogens is 3. The first kappa shape index (κ1) is 10.8. The van der Waals surface area contributed by atoms with Gasteiger partial charge in [-0.3, -0.25) is 4.98 Å². The Balaban J connectivity index is 1.70. The van der Waals surface area contributed by atoms with Crippen LogP contribution in [-0.4, -0.2) is 21.7 Å². The van der Waals surface area contributed by atoms with Crippen LogP contribution in [0, 0.1) is 6.92 Å². The quantitative estimate of drug-likeness (QED) is 0.761. The van der Waals surface area contributed by atoms with E-state index in [1.165, 1.54) is 11.9 Å². The Bertz CT molecular complexity index is 410. The van der Waals surface area contributed by atoms with Crippen LogP contribution < -0.4 is 5.32 Å². The van der Waals surface area contributed by atoms with Crippen LogP contribution in [0.3, 0.4) is 0 Å². The molecule has 1 N–H and O–H groups in total. The van der Waals surface area contributed by atoms with Gasteiger partial charge in [-0.15, -0.1) is 0 Å². The fourth-order valence-corrected chi connectivity index (χ4v) is 1.34. The maximum atomic E-state index is 4.89. The van der Waals surface area contributed by atoms with Crippen LogP contribution in [0.5, 0.6) is 0 Å². The predicted molar refractivity (Wildman–Crippen MR) is 58.7 cm³/mol. The van der Waals surface area contributed by atoms with E-state index >= 15 is 0 Å². The largest absolute Gasteiger partial charge is 0.340 e. The molecule has 0 spiro atoms. The van der Waals surface area contributed by atoms with E-state index < -0.39 is 0 Å². The molecule has 16 heavy (non-hydrogen) atoms. The Kier molecular flexibility index (Phi) is 3.61. The zero-order valence-electron chi connectivity index (χ0n) is 9.18. The molecule has 0 fully saturated rings. The number of hydrogen-bond acceptors (Lipinski definition) is 5. The normalized spacial score (nSPS) is 10.6. The lowest BCUT2D eigenvalue weighted by Gasteiger charge is -2.02. The van der Waals surface area contributed by atoms with E-state index in [1.807, 2.05) is 19.2 Å². The highest BCUT2D eigenvalue weighted by Crippen LogP contribution is 1.98. The summed E-state index contributed by atoms with van der Waals surface area (Å²) in [6.45, 7) is 3.60. The van der Waals surface area contributed by atoms with Crippen molar-refractivity contribution in [2.24, 2.45) is 0 Å². The minimum Gasteiger partial charge on any atom is -0.340 e. The highest BCUT2D eigenvalue weighted by atomic mass is 16.5. The molecule has 2 aromatic rings. The van der Waals surface area contributed by atoms with Gasteiger partial charge in [0.05, 0.1) is 0 Å². The van der Waals surface area contributed by atoms with E-state index in [0.29, 0.717) is 5.89 Å². The second-order valence-corrected chi connectivity index (χ2v) is 3.57. The molecule has 0 atom stereocenters. The van der Waals surface area contributed by atoms with Crippen LogP contribution in [0.2, 0.25) is 0 Å². The lowest BCUT2D eigenvalue weighted by Crippen LogP contribution is -2.16. The fraction of sp³-hybridized carbons (Fsp3) is 0.364. The number of aryl methyl sites for hydroxylation is 1. The summed E-state index contributed by atoms with van der Waals surface area (Å²) < 4.78 is 4.89. The monoisotopic (exact) mass is 218 g/mol. The van der Waals surface area contributed by atoms with Gasteiger partial charge in [-0.05, 0) is 18.6 Å². The van der Waals surface area contributed by atoms with Crippen molar-refractivity contribution in [3.8, 4) is 0 Å². The molecule has 2 aromatic heterocycles. The molecule has 5 nitrogen and oxygen atoms in total. The maximum Gasteiger partial charge on any atom is 0.227 e. The van der Waals surface area contributed by atoms with Crippen LogP contribution >= 0.6 is 0 Å². The molecule has 0 amide bonds. The van der Waals surface area contributed by atoms with Gasteiger partial charge in [0.2, 0.25) is 5.89 Å². The molecule has 2 rings (SSSR count). The molecule has 0 saturated carbocycles. The van der Waals surface area contributed by atoms with Gasteiger partial charge in [0.1, 0.15) is 0 Å². The molecule has 0 aromatic carbocycles. The van der Waals surface area contributed by atoms with E-state index in [1.54, 1.807) is 0 Å². The summed E-state index contributed by atoms with van der Waals surface area (Å²) in [5.74, 6) is 0.662. The number of pyridine rings is 1. The minimum absolute atomic E-state index is 0.662. The SMILES string of the molecule is Cc1ccc(CNCCc2ncno2)cn1. The summed E-state index contributed by atoms with van der Waals surface area (Å²) in [4.78, 5) is 8.17. The van der Waals surface area contributed by atoms with E-state index in [9.17, 15) is 0 Å². The van der Waals surface area contributed by atoms with E-state index in [2.05, 4.69) is 26.5 Å². The van der Waals surface area contributed by atoms with Crippen molar-refractivity contribution in [3.63, 3.8) is 0 Å². The number of nitrogens with zero attached hydrogens (tertiary/aromatic N) is 3. The number of nitrogens with one attached hydrogen (secondary N) is 1. The summed E-state index contributed by atoms with van der Waals surface area (Å²) in [6.07, 6.45) is 4.05. The third kappa shape index (κ3) is 3.13. The highest BCUT2D eigenvalue weighted by Gasteiger charge is 1.98. The second-order valence-electron chi connectivity index (χ2n) is 3.57. The molecule has 0 radical (unpaired) electrons. The predicted octanol–water partition coefficient (Wildman–Crippen LogP) is 1.11. The zero-order valence-corrected chi connectivity index (χ0v) is 9.18. The van der Waals surface area contributed by atoms with E-state index in [4.69, 9.17) is 4.52 Å². The molecule has 0 unspecified atom stereocenters. The summed E-state index contributed by atoms with van der Waals surface area (Å²) in [7, 11) is 0. The lowest BCUT2D eigenvalue weighted by molar-refractivity contribution is 0.375. The average molecular weight is 218 g/mol. The van der Waals surface area contributed by atoms with Gasteiger partial charge < -0.3 is 9.84 Å². The Labute approximate surface area is 93.9 Å². The highest BCUT2D eigenvalue weighted by molar-refractivity contribution is 5.12. The van der Waals surface area contributed by atoms with Gasteiger partial charge in [-0.2, -0.15) is 4.98 Å². The summed E-state index contributed by atoms with van der Waals surface area (Å²) >= 11 is 0. The Hall–Kier alpha value is -1.75. The molecule has 0 aliphatic heterocycles. The molecular weight excluding hydrogens is 204 g/mol. The molecule has 0 bridgehead atoms. The molecular formula is C11H14N4O. The van der Waals surface area contributed by atoms with Gasteiger partial charge in [0.25, 0.3) is 0 Å². The number of rotatable bonds is 5. The topological polar surface area (TPSA) is 63.8 Å². The molecule has 0 aliphatic carbocycles. The standard InChI is InChI=1S/C11H14N4O/c1-9-2-3-10(7-13-9)6-12-5-4-11-14-8-15-16-11/h2-3,7-8,12H,4-6H2,1H3. The van der Waals surface area contributed by atoms with Gasteiger partial charge in [-0.1, -0.05) is 11.2 Å². The van der Waals surface area contributed by atoms with Gasteiger partial charge in [0, 0.05) is 31.4 Å². The van der Waals surface area contributed by atoms with Crippen molar-refractivity contribution >= 4 is 0 Å². The van der Waals surface area contributed by atoms with Gasteiger partial charge in [0.15, 0.2) is 6.33 Å². The van der Waals surface area contributed by atoms with Crippen molar-refractivity contribution in [3.05, 3.63) is 41.8 Å². The first-order chi connectivity index (χ1) is 7.84. The summed E-state index contributed by atoms with van der Waals surface area (Å²) in [5, 5.41) is 6.84. The van der Waals surface area contributed by atoms with Crippen molar-refractivity contribution in [1.82, 2.24) is 20.4 Å². The second kappa shape index (κ2) is 5.37. The van der Waals surface area contributed by atoms with E-state index in [-0.39, 0.29) is 0 Å². The minimum atomic E-state index is 0.662. The molecule has 2 heterocycles. The summed E-state index contributed by atoms with van der Waals surface area (Å²) in [6, 6.07) is 4.08. The Morgan fingerprint density at radius 3 is 2.94 bits per heavy atom. The Morgan fingerprint density at radius 2 is 2.25 bits per heavy atom. The molecule has 5 heteroatoms. The van der Waals surface area contributed by atoms with Crippen molar-refractivity contribution in [2.75, 3.05) is 6.54 Å². The van der Waals surface area contributed by atoms with Crippen LogP contribution in [0.4, 0.5) is 0 Å². The first-order valence-electron chi connectivity index (χ1n) is 5.22. The van der Waals surface area contributed by atoms with Crippen molar-refractivity contribution < 1.29 is 4.52 Å². The van der Waals surface area contributed by atoms with Crippen LogP contribution in [0.1, 0.15) is 17.1 Å². The van der Waals surface area contributed by atoms with Crippen LogP contribution in [0.25, 0.3) is 0 Å². The summed E-state index contributed by atoms with van der Waals surface area (Å²) in [5.41, 5.74) is 2.21. The molecule has 84 valence electrons. The maximum absolute atomic E-state index is 4.89. The van der Waals surface area contributed by atoms with E-state index in [0.717, 1.165) is 25.2 Å². The van der Waals surface area contributed by atoms with Gasteiger partial charge in [-0.25, -0.2) is 0 Å². The average Bonchev–Trinajstić information content (AvgIpc) is 2.80. The van der Waals surface area contributed by atoms with Crippen LogP contribution in [-0.2, 0) is 13.0 Å². The zero-order chi connectivity index (χ0) is 11.2. The smallest absolute Gasteiger partial charge is 0.227 e. The lowest BCUT2D eigenvalue weighted by atomic mass is 10.2. The Morgan fingerprint density at radius 1 is 1.31 bits per heavy atom. The molecule has 0 aliphatic rings. The van der Waals surface area contributed by atoms with Crippen LogP contribution in [0.15, 0.2) is 29.2 Å². The number of hydrogen-bond donors (Lipinski definition) is 1. The third-order valence-corrected chi connectivity index (χ3v) is 2.22. The first-order valence-corrected chi connectivity index (χ1v) is 5.22. The van der Waals surface area contributed by atoms with Crippen molar-refractivity contribution in [1.29, 1.82) is 0 Å². The van der Waals surface area contributed by atoms with Gasteiger partial charge >= 0.3 is 0 Å². The van der Waals surface area contributed by atoms with Crippen molar-refractivity contribution in [2.45, 2.75) is 19.9 Å². The third-order valence-electron chi connectivity index (χ3n) is 2.22. The fourth-order valence-electron chi connectivity index (χ4n) is 1.34.